The van der Waals surface area contributed by atoms with E-state index in [1.54, 1.807) is 24.6 Å². The summed E-state index contributed by atoms with van der Waals surface area (Å²) in [6.07, 6.45) is 4.27. The second-order valence-corrected chi connectivity index (χ2v) is 10.7. The van der Waals surface area contributed by atoms with Crippen LogP contribution in [0.3, 0.4) is 0 Å². The van der Waals surface area contributed by atoms with Crippen molar-refractivity contribution in [2.45, 2.75) is 30.7 Å². The van der Waals surface area contributed by atoms with Crippen LogP contribution in [0.5, 0.6) is 0 Å². The van der Waals surface area contributed by atoms with Crippen LogP contribution >= 0.6 is 0 Å². The van der Waals surface area contributed by atoms with Gasteiger partial charge in [-0.25, -0.2) is 8.42 Å². The fraction of sp³-hybridized carbons (Fsp3) is 0.417. The van der Waals surface area contributed by atoms with E-state index in [0.717, 1.165) is 16.7 Å². The smallest absolute Gasteiger partial charge is 0.245 e. The Bertz CT molecular complexity index is 1220. The fourth-order valence-corrected chi connectivity index (χ4v) is 5.94. The number of amides is 1. The van der Waals surface area contributed by atoms with E-state index in [2.05, 4.69) is 10.3 Å². The number of carbonyl (C=O) groups excluding carboxylic acids is 1. The molecule has 2 aromatic heterocycles. The quantitative estimate of drug-likeness (QED) is 0.570. The molecule has 4 rings (SSSR count). The molecule has 9 heteroatoms. The third kappa shape index (κ3) is 4.95. The Labute approximate surface area is 194 Å². The Hall–Kier alpha value is -2.75. The number of pyridine rings is 1. The van der Waals surface area contributed by atoms with Crippen LogP contribution in [-0.2, 0) is 14.8 Å². The largest absolute Gasteiger partial charge is 0.468 e. The number of benzene rings is 1. The van der Waals surface area contributed by atoms with Crippen LogP contribution in [-0.4, -0.2) is 62.2 Å². The van der Waals surface area contributed by atoms with Gasteiger partial charge >= 0.3 is 0 Å². The number of furan rings is 1. The lowest BCUT2D eigenvalue weighted by molar-refractivity contribution is -0.126. The van der Waals surface area contributed by atoms with Crippen LogP contribution in [0.15, 0.2) is 58.2 Å². The first-order valence-electron chi connectivity index (χ1n) is 11.1. The third-order valence-electron chi connectivity index (χ3n) is 6.22. The van der Waals surface area contributed by atoms with Crippen molar-refractivity contribution in [3.8, 4) is 0 Å². The maximum atomic E-state index is 13.4. The number of rotatable bonds is 7. The van der Waals surface area contributed by atoms with Crippen LogP contribution in [0.2, 0.25) is 0 Å². The van der Waals surface area contributed by atoms with E-state index in [4.69, 9.17) is 4.42 Å². The minimum absolute atomic E-state index is 0.0484. The highest BCUT2D eigenvalue weighted by molar-refractivity contribution is 7.89. The summed E-state index contributed by atoms with van der Waals surface area (Å²) < 4.78 is 33.7. The standard InChI is InChI=1S/C24H30N4O4S/c1-17-14-19-6-4-8-22(23(19)25-15-17)33(30,31)28-11-9-18(10-12-28)24(29)26-16-20(27(2)3)21-7-5-13-32-21/h4-8,13-15,18,20H,9-12,16H2,1-3H3,(H,26,29)/t20-/m1/s1. The Morgan fingerprint density at radius 2 is 2.00 bits per heavy atom. The monoisotopic (exact) mass is 470 g/mol. The van der Waals surface area contributed by atoms with Gasteiger partial charge < -0.3 is 9.73 Å². The molecular formula is C24H30N4O4S. The predicted octanol–water partition coefficient (Wildman–Crippen LogP) is 2.96. The number of para-hydroxylation sites is 1. The van der Waals surface area contributed by atoms with Crippen molar-refractivity contribution in [1.29, 1.82) is 0 Å². The molecule has 3 aromatic rings. The highest BCUT2D eigenvalue weighted by Gasteiger charge is 2.33. The number of piperidine rings is 1. The number of fused-ring (bicyclic) bond motifs is 1. The first-order valence-corrected chi connectivity index (χ1v) is 12.5. The SMILES string of the molecule is Cc1cnc2c(S(=O)(=O)N3CCC(C(=O)NC[C@H](c4ccco4)N(C)C)CC3)cccc2c1. The minimum Gasteiger partial charge on any atom is -0.468 e. The van der Waals surface area contributed by atoms with Crippen molar-refractivity contribution in [3.63, 3.8) is 0 Å². The number of hydrogen-bond donors (Lipinski definition) is 1. The lowest BCUT2D eigenvalue weighted by Crippen LogP contribution is -2.44. The van der Waals surface area contributed by atoms with Crippen molar-refractivity contribution in [3.05, 3.63) is 60.2 Å². The van der Waals surface area contributed by atoms with Gasteiger partial charge in [0.2, 0.25) is 15.9 Å². The van der Waals surface area contributed by atoms with Crippen LogP contribution in [0, 0.1) is 12.8 Å². The summed E-state index contributed by atoms with van der Waals surface area (Å²) in [6, 6.07) is 10.8. The molecule has 8 nitrogen and oxygen atoms in total. The van der Waals surface area contributed by atoms with E-state index in [1.807, 2.05) is 50.2 Å². The molecule has 1 fully saturated rings. The molecule has 33 heavy (non-hydrogen) atoms. The van der Waals surface area contributed by atoms with Gasteiger partial charge in [-0.05, 0) is 63.7 Å². The highest BCUT2D eigenvalue weighted by atomic mass is 32.2. The molecule has 0 aliphatic carbocycles. The summed E-state index contributed by atoms with van der Waals surface area (Å²) >= 11 is 0. The molecule has 1 amide bonds. The number of aryl methyl sites for hydroxylation is 1. The maximum Gasteiger partial charge on any atom is 0.245 e. The summed E-state index contributed by atoms with van der Waals surface area (Å²) in [6.45, 7) is 2.97. The molecule has 0 radical (unpaired) electrons. The second-order valence-electron chi connectivity index (χ2n) is 8.76. The van der Waals surface area contributed by atoms with Gasteiger partial charge in [0.15, 0.2) is 0 Å². The zero-order chi connectivity index (χ0) is 23.6. The molecule has 0 spiro atoms. The fourth-order valence-electron chi connectivity index (χ4n) is 4.31. The first-order chi connectivity index (χ1) is 15.8. The number of nitrogens with one attached hydrogen (secondary N) is 1. The average Bonchev–Trinajstić information content (AvgIpc) is 3.32. The average molecular weight is 471 g/mol. The number of sulfonamides is 1. The maximum absolute atomic E-state index is 13.4. The van der Waals surface area contributed by atoms with E-state index >= 15 is 0 Å². The van der Waals surface area contributed by atoms with E-state index in [0.29, 0.717) is 38.0 Å². The molecule has 1 atom stereocenters. The third-order valence-corrected chi connectivity index (χ3v) is 8.15. The second kappa shape index (κ2) is 9.62. The summed E-state index contributed by atoms with van der Waals surface area (Å²) in [5.74, 6) is 0.525. The van der Waals surface area contributed by atoms with Crippen molar-refractivity contribution >= 4 is 26.8 Å². The highest BCUT2D eigenvalue weighted by Crippen LogP contribution is 2.28. The molecule has 1 N–H and O–H groups in total. The van der Waals surface area contributed by atoms with Gasteiger partial charge in [0.1, 0.15) is 10.7 Å². The summed E-state index contributed by atoms with van der Waals surface area (Å²) in [5, 5.41) is 3.82. The Balaban J connectivity index is 1.40. The molecule has 1 aliphatic rings. The van der Waals surface area contributed by atoms with Crippen LogP contribution < -0.4 is 5.32 Å². The summed E-state index contributed by atoms with van der Waals surface area (Å²) in [5.41, 5.74) is 1.46. The normalized spacial score (nSPS) is 16.8. The van der Waals surface area contributed by atoms with Gasteiger partial charge in [0, 0.05) is 37.1 Å². The van der Waals surface area contributed by atoms with Crippen molar-refractivity contribution in [1.82, 2.24) is 19.5 Å². The number of hydrogen-bond acceptors (Lipinski definition) is 6. The molecule has 176 valence electrons. The predicted molar refractivity (Wildman–Crippen MR) is 126 cm³/mol. The van der Waals surface area contributed by atoms with Crippen molar-refractivity contribution in [2.24, 2.45) is 5.92 Å². The van der Waals surface area contributed by atoms with Crippen LogP contribution in [0.4, 0.5) is 0 Å². The zero-order valence-corrected chi connectivity index (χ0v) is 20.0. The van der Waals surface area contributed by atoms with Gasteiger partial charge in [-0.1, -0.05) is 12.1 Å². The number of carbonyl (C=O) groups is 1. The molecule has 1 aromatic carbocycles. The molecule has 0 unspecified atom stereocenters. The lowest BCUT2D eigenvalue weighted by Gasteiger charge is -2.31. The van der Waals surface area contributed by atoms with Crippen molar-refractivity contribution in [2.75, 3.05) is 33.7 Å². The van der Waals surface area contributed by atoms with Crippen molar-refractivity contribution < 1.29 is 17.6 Å². The zero-order valence-electron chi connectivity index (χ0n) is 19.2. The lowest BCUT2D eigenvalue weighted by atomic mass is 9.97. The van der Waals surface area contributed by atoms with Gasteiger partial charge in [0.05, 0.1) is 17.8 Å². The molecule has 3 heterocycles. The summed E-state index contributed by atoms with van der Waals surface area (Å²) in [7, 11) is 0.176. The number of aromatic nitrogens is 1. The van der Waals surface area contributed by atoms with Crippen LogP contribution in [0.25, 0.3) is 10.9 Å². The van der Waals surface area contributed by atoms with Gasteiger partial charge in [-0.3, -0.25) is 14.7 Å². The van der Waals surface area contributed by atoms with E-state index < -0.39 is 10.0 Å². The molecule has 0 saturated carbocycles. The number of likely N-dealkylation sites (N-methyl/N-ethyl adjacent to an activating group) is 1. The van der Waals surface area contributed by atoms with Crippen LogP contribution in [0.1, 0.15) is 30.2 Å². The summed E-state index contributed by atoms with van der Waals surface area (Å²) in [4.78, 5) is 19.4. The van der Waals surface area contributed by atoms with E-state index in [9.17, 15) is 13.2 Å². The molecular weight excluding hydrogens is 440 g/mol. The topological polar surface area (TPSA) is 95.8 Å². The Morgan fingerprint density at radius 3 is 2.67 bits per heavy atom. The van der Waals surface area contributed by atoms with E-state index in [1.165, 1.54) is 4.31 Å². The van der Waals surface area contributed by atoms with Gasteiger partial charge in [-0.2, -0.15) is 4.31 Å². The Kier molecular flexibility index (Phi) is 6.83. The minimum atomic E-state index is -3.70. The molecule has 0 bridgehead atoms. The van der Waals surface area contributed by atoms with Gasteiger partial charge in [0.25, 0.3) is 0 Å². The molecule has 1 saturated heterocycles. The first kappa shape index (κ1) is 23.4. The Morgan fingerprint density at radius 1 is 1.24 bits per heavy atom. The van der Waals surface area contributed by atoms with E-state index in [-0.39, 0.29) is 22.8 Å². The molecule has 1 aliphatic heterocycles. The van der Waals surface area contributed by atoms with Gasteiger partial charge in [-0.15, -0.1) is 0 Å². The number of nitrogens with zero attached hydrogens (tertiary/aromatic N) is 3.